The minimum Gasteiger partial charge on any atom is -0.440 e. The summed E-state index contributed by atoms with van der Waals surface area (Å²) in [5.41, 5.74) is 0.577. The number of hydrogen-bond donors (Lipinski definition) is 1. The van der Waals surface area contributed by atoms with E-state index in [9.17, 15) is 18.0 Å². The predicted octanol–water partition coefficient (Wildman–Crippen LogP) is 2.40. The zero-order chi connectivity index (χ0) is 12.3. The van der Waals surface area contributed by atoms with E-state index in [4.69, 9.17) is 4.52 Å². The molecule has 16 heavy (non-hydrogen) atoms. The van der Waals surface area contributed by atoms with Gasteiger partial charge < -0.3 is 9.26 Å². The summed E-state index contributed by atoms with van der Waals surface area (Å²) in [7, 11) is 0. The van der Waals surface area contributed by atoms with Gasteiger partial charge in [0, 0.05) is 0 Å². The number of rotatable bonds is 2. The Hall–Kier alpha value is -1.73. The van der Waals surface area contributed by atoms with Crippen LogP contribution in [0.15, 0.2) is 4.52 Å². The van der Waals surface area contributed by atoms with Gasteiger partial charge in [-0.3, -0.25) is 5.32 Å². The van der Waals surface area contributed by atoms with Crippen molar-refractivity contribution in [3.05, 3.63) is 11.5 Å². The van der Waals surface area contributed by atoms with Crippen molar-refractivity contribution in [2.75, 3.05) is 11.9 Å². The van der Waals surface area contributed by atoms with Crippen LogP contribution in [0, 0.1) is 13.8 Å². The number of hydrogen-bond acceptors (Lipinski definition) is 4. The Morgan fingerprint density at radius 2 is 2.12 bits per heavy atom. The molecule has 1 heterocycles. The van der Waals surface area contributed by atoms with E-state index in [-0.39, 0.29) is 5.69 Å². The summed E-state index contributed by atoms with van der Waals surface area (Å²) in [4.78, 5) is 11.0. The van der Waals surface area contributed by atoms with Crippen LogP contribution >= 0.6 is 0 Å². The number of ether oxygens (including phenoxy) is 1. The molecule has 0 unspecified atom stereocenters. The van der Waals surface area contributed by atoms with Crippen LogP contribution in [0.25, 0.3) is 0 Å². The average Bonchev–Trinajstić information content (AvgIpc) is 2.45. The van der Waals surface area contributed by atoms with Gasteiger partial charge >= 0.3 is 12.3 Å². The number of carbonyl (C=O) groups excluding carboxylic acids is 1. The molecule has 8 heteroatoms. The highest BCUT2D eigenvalue weighted by Crippen LogP contribution is 2.19. The minimum absolute atomic E-state index is 0.215. The SMILES string of the molecule is Cc1noc(C)c1NC(=O)OCC(F)(F)F. The Labute approximate surface area is 88.5 Å². The van der Waals surface area contributed by atoms with E-state index in [0.717, 1.165) is 0 Å². The summed E-state index contributed by atoms with van der Waals surface area (Å²) in [6.45, 7) is 1.41. The summed E-state index contributed by atoms with van der Waals surface area (Å²) < 4.78 is 43.8. The Kier molecular flexibility index (Phi) is 3.41. The summed E-state index contributed by atoms with van der Waals surface area (Å²) in [5.74, 6) is 0.293. The lowest BCUT2D eigenvalue weighted by Gasteiger charge is -2.08. The number of nitrogens with zero attached hydrogens (tertiary/aromatic N) is 1. The number of aryl methyl sites for hydroxylation is 2. The molecule has 0 radical (unpaired) electrons. The van der Waals surface area contributed by atoms with Crippen molar-refractivity contribution in [2.24, 2.45) is 0 Å². The van der Waals surface area contributed by atoms with Gasteiger partial charge in [0.05, 0.1) is 0 Å². The van der Waals surface area contributed by atoms with Gasteiger partial charge in [0.1, 0.15) is 11.4 Å². The molecule has 0 aromatic carbocycles. The molecule has 5 nitrogen and oxygen atoms in total. The molecular formula is C8H9F3N2O3. The number of carbonyl (C=O) groups is 1. The monoisotopic (exact) mass is 238 g/mol. The van der Waals surface area contributed by atoms with Gasteiger partial charge in [0.2, 0.25) is 0 Å². The first-order chi connectivity index (χ1) is 7.29. The average molecular weight is 238 g/mol. The number of alkyl halides is 3. The van der Waals surface area contributed by atoms with E-state index in [1.807, 2.05) is 0 Å². The fraction of sp³-hybridized carbons (Fsp3) is 0.500. The van der Waals surface area contributed by atoms with Crippen LogP contribution in [0.5, 0.6) is 0 Å². The lowest BCUT2D eigenvalue weighted by Crippen LogP contribution is -2.23. The van der Waals surface area contributed by atoms with Crippen LogP contribution in [0.4, 0.5) is 23.7 Å². The summed E-state index contributed by atoms with van der Waals surface area (Å²) in [6.07, 6.45) is -5.75. The van der Waals surface area contributed by atoms with E-state index >= 15 is 0 Å². The van der Waals surface area contributed by atoms with Crippen molar-refractivity contribution >= 4 is 11.8 Å². The molecule has 90 valence electrons. The summed E-state index contributed by atoms with van der Waals surface area (Å²) in [6, 6.07) is 0. The van der Waals surface area contributed by atoms with E-state index in [2.05, 4.69) is 15.2 Å². The number of aromatic nitrogens is 1. The maximum atomic E-state index is 11.7. The maximum Gasteiger partial charge on any atom is 0.422 e. The molecule has 0 saturated carbocycles. The van der Waals surface area contributed by atoms with E-state index in [0.29, 0.717) is 11.5 Å². The quantitative estimate of drug-likeness (QED) is 0.859. The first-order valence-corrected chi connectivity index (χ1v) is 4.23. The molecule has 0 bridgehead atoms. The molecular weight excluding hydrogens is 229 g/mol. The normalized spacial score (nSPS) is 11.3. The maximum absolute atomic E-state index is 11.7. The zero-order valence-electron chi connectivity index (χ0n) is 8.51. The van der Waals surface area contributed by atoms with E-state index in [1.54, 1.807) is 0 Å². The van der Waals surface area contributed by atoms with Gasteiger partial charge in [-0.1, -0.05) is 5.16 Å². The van der Waals surface area contributed by atoms with Gasteiger partial charge in [-0.05, 0) is 13.8 Å². The van der Waals surface area contributed by atoms with Crippen LogP contribution in [-0.2, 0) is 4.74 Å². The standard InChI is InChI=1S/C8H9F3N2O3/c1-4-6(5(2)16-13-4)12-7(14)15-3-8(9,10)11/h3H2,1-2H3,(H,12,14). The smallest absolute Gasteiger partial charge is 0.422 e. The Bertz CT molecular complexity index is 367. The molecule has 1 amide bonds. The van der Waals surface area contributed by atoms with Crippen molar-refractivity contribution in [1.29, 1.82) is 0 Å². The third kappa shape index (κ3) is 3.44. The van der Waals surface area contributed by atoms with Gasteiger partial charge in [0.15, 0.2) is 12.4 Å². The van der Waals surface area contributed by atoms with Gasteiger partial charge in [-0.2, -0.15) is 13.2 Å². The second-order valence-electron chi connectivity index (χ2n) is 3.02. The van der Waals surface area contributed by atoms with Crippen LogP contribution < -0.4 is 5.32 Å². The molecule has 0 aliphatic carbocycles. The Morgan fingerprint density at radius 3 is 2.56 bits per heavy atom. The Morgan fingerprint density at radius 1 is 1.50 bits per heavy atom. The minimum atomic E-state index is -4.55. The highest BCUT2D eigenvalue weighted by Gasteiger charge is 2.29. The molecule has 0 aliphatic heterocycles. The fourth-order valence-electron chi connectivity index (χ4n) is 0.947. The van der Waals surface area contributed by atoms with Gasteiger partial charge in [-0.25, -0.2) is 4.79 Å². The Balaban J connectivity index is 2.53. The number of anilines is 1. The molecule has 1 N–H and O–H groups in total. The lowest BCUT2D eigenvalue weighted by molar-refractivity contribution is -0.159. The molecule has 1 aromatic heterocycles. The fourth-order valence-corrected chi connectivity index (χ4v) is 0.947. The van der Waals surface area contributed by atoms with Crippen molar-refractivity contribution in [3.8, 4) is 0 Å². The topological polar surface area (TPSA) is 64.4 Å². The molecule has 0 aliphatic rings. The van der Waals surface area contributed by atoms with E-state index < -0.39 is 18.9 Å². The van der Waals surface area contributed by atoms with Gasteiger partial charge in [0.25, 0.3) is 0 Å². The molecule has 1 aromatic rings. The van der Waals surface area contributed by atoms with Crippen LogP contribution in [-0.4, -0.2) is 24.0 Å². The van der Waals surface area contributed by atoms with Crippen molar-refractivity contribution in [3.63, 3.8) is 0 Å². The zero-order valence-corrected chi connectivity index (χ0v) is 8.51. The molecule has 0 spiro atoms. The summed E-state index contributed by atoms with van der Waals surface area (Å²) >= 11 is 0. The van der Waals surface area contributed by atoms with Crippen LogP contribution in [0.1, 0.15) is 11.5 Å². The van der Waals surface area contributed by atoms with Crippen LogP contribution in [0.3, 0.4) is 0 Å². The largest absolute Gasteiger partial charge is 0.440 e. The number of nitrogens with one attached hydrogen (secondary N) is 1. The first kappa shape index (κ1) is 12.3. The first-order valence-electron chi connectivity index (χ1n) is 4.23. The second-order valence-corrected chi connectivity index (χ2v) is 3.02. The van der Waals surface area contributed by atoms with Crippen LogP contribution in [0.2, 0.25) is 0 Å². The second kappa shape index (κ2) is 4.42. The molecule has 1 rings (SSSR count). The van der Waals surface area contributed by atoms with Crippen molar-refractivity contribution < 1.29 is 27.2 Å². The number of halogens is 3. The third-order valence-electron chi connectivity index (χ3n) is 1.63. The van der Waals surface area contributed by atoms with Crippen molar-refractivity contribution in [1.82, 2.24) is 5.16 Å². The highest BCUT2D eigenvalue weighted by atomic mass is 19.4. The van der Waals surface area contributed by atoms with Gasteiger partial charge in [-0.15, -0.1) is 0 Å². The third-order valence-corrected chi connectivity index (χ3v) is 1.63. The highest BCUT2D eigenvalue weighted by molar-refractivity contribution is 5.85. The molecule has 0 fully saturated rings. The predicted molar refractivity (Wildman–Crippen MR) is 47.0 cm³/mol. The summed E-state index contributed by atoms with van der Waals surface area (Å²) in [5, 5.41) is 5.62. The molecule has 0 atom stereocenters. The lowest BCUT2D eigenvalue weighted by atomic mass is 10.3. The number of amides is 1. The van der Waals surface area contributed by atoms with E-state index in [1.165, 1.54) is 13.8 Å². The van der Waals surface area contributed by atoms with Crippen molar-refractivity contribution in [2.45, 2.75) is 20.0 Å². The molecule has 0 saturated heterocycles.